The molecular formula is C18H16N4O4. The maximum Gasteiger partial charge on any atom is 0.330 e. The summed E-state index contributed by atoms with van der Waals surface area (Å²) in [5.41, 5.74) is 0.602. The molecule has 0 bridgehead atoms. The molecular weight excluding hydrogens is 336 g/mol. The highest BCUT2D eigenvalue weighted by Gasteiger charge is 2.21. The first-order valence-corrected chi connectivity index (χ1v) is 7.96. The Balaban J connectivity index is 1.70. The predicted molar refractivity (Wildman–Crippen MR) is 93.4 cm³/mol. The van der Waals surface area contributed by atoms with Crippen LogP contribution >= 0.6 is 0 Å². The number of carbonyl (C=O) groups is 2. The fourth-order valence-electron chi connectivity index (χ4n) is 2.54. The molecule has 0 radical (unpaired) electrons. The van der Waals surface area contributed by atoms with Crippen LogP contribution in [0.15, 0.2) is 59.4 Å². The van der Waals surface area contributed by atoms with Crippen molar-refractivity contribution >= 4 is 22.8 Å². The maximum absolute atomic E-state index is 12.3. The fourth-order valence-corrected chi connectivity index (χ4v) is 2.54. The van der Waals surface area contributed by atoms with E-state index in [0.29, 0.717) is 16.5 Å². The zero-order chi connectivity index (χ0) is 18.5. The molecule has 2 N–H and O–H groups in total. The van der Waals surface area contributed by atoms with Gasteiger partial charge >= 0.3 is 5.97 Å². The number of fused-ring (bicyclic) bond motifs is 1. The number of nitrogens with one attached hydrogen (secondary N) is 1. The molecule has 132 valence electrons. The number of aromatic nitrogens is 3. The zero-order valence-electron chi connectivity index (χ0n) is 13.7. The molecule has 0 fully saturated rings. The molecule has 26 heavy (non-hydrogen) atoms. The molecule has 0 aliphatic carbocycles. The second kappa shape index (κ2) is 7.56. The molecule has 0 saturated carbocycles. The first-order chi connectivity index (χ1) is 12.6. The van der Waals surface area contributed by atoms with E-state index in [9.17, 15) is 19.5 Å². The summed E-state index contributed by atoms with van der Waals surface area (Å²) in [6, 6.07) is 14.0. The number of carboxylic acid groups (broad SMARTS) is 1. The van der Waals surface area contributed by atoms with Crippen LogP contribution in [0.25, 0.3) is 10.9 Å². The van der Waals surface area contributed by atoms with Gasteiger partial charge in [0.1, 0.15) is 5.52 Å². The molecule has 0 aliphatic rings. The van der Waals surface area contributed by atoms with Gasteiger partial charge in [-0.05, 0) is 17.7 Å². The van der Waals surface area contributed by atoms with Gasteiger partial charge < -0.3 is 10.4 Å². The van der Waals surface area contributed by atoms with Crippen molar-refractivity contribution in [3.05, 3.63) is 70.5 Å². The highest BCUT2D eigenvalue weighted by atomic mass is 16.4. The quantitative estimate of drug-likeness (QED) is 0.687. The summed E-state index contributed by atoms with van der Waals surface area (Å²) in [5.74, 6) is -1.66. The van der Waals surface area contributed by atoms with Gasteiger partial charge in [-0.1, -0.05) is 47.7 Å². The van der Waals surface area contributed by atoms with Gasteiger partial charge in [0.15, 0.2) is 6.04 Å². The van der Waals surface area contributed by atoms with E-state index in [1.807, 2.05) is 0 Å². The predicted octanol–water partition coefficient (Wildman–Crippen LogP) is 1.12. The van der Waals surface area contributed by atoms with Crippen LogP contribution in [0.5, 0.6) is 0 Å². The standard InChI is InChI=1S/C18H16N4O4/c23-15(19-16(18(25)26)12-6-2-1-3-7-12)10-11-22-17(24)13-8-4-5-9-14(13)20-21-22/h1-9,16H,10-11H2,(H,19,23)(H,25,26)/t16-/m0/s1. The average Bonchev–Trinajstić information content (AvgIpc) is 2.66. The molecule has 1 amide bonds. The number of nitrogens with zero attached hydrogens (tertiary/aromatic N) is 3. The lowest BCUT2D eigenvalue weighted by Crippen LogP contribution is -2.35. The summed E-state index contributed by atoms with van der Waals surface area (Å²) in [7, 11) is 0. The van der Waals surface area contributed by atoms with Crippen LogP contribution in [-0.4, -0.2) is 32.0 Å². The maximum atomic E-state index is 12.3. The van der Waals surface area contributed by atoms with E-state index in [-0.39, 0.29) is 18.5 Å². The number of hydrogen-bond acceptors (Lipinski definition) is 5. The third-order valence-corrected chi connectivity index (χ3v) is 3.87. The van der Waals surface area contributed by atoms with Crippen LogP contribution in [-0.2, 0) is 16.1 Å². The van der Waals surface area contributed by atoms with Gasteiger partial charge in [0.2, 0.25) is 5.91 Å². The third-order valence-electron chi connectivity index (χ3n) is 3.87. The minimum Gasteiger partial charge on any atom is -0.479 e. The van der Waals surface area contributed by atoms with E-state index >= 15 is 0 Å². The Bertz CT molecular complexity index is 1000. The zero-order valence-corrected chi connectivity index (χ0v) is 13.7. The van der Waals surface area contributed by atoms with E-state index in [4.69, 9.17) is 0 Å². The van der Waals surface area contributed by atoms with Gasteiger partial charge in [-0.2, -0.15) is 0 Å². The van der Waals surface area contributed by atoms with Crippen molar-refractivity contribution < 1.29 is 14.7 Å². The lowest BCUT2D eigenvalue weighted by Gasteiger charge is -2.15. The molecule has 8 heteroatoms. The van der Waals surface area contributed by atoms with Crippen LogP contribution in [0.3, 0.4) is 0 Å². The number of aliphatic carboxylic acids is 1. The largest absolute Gasteiger partial charge is 0.479 e. The van der Waals surface area contributed by atoms with E-state index in [1.54, 1.807) is 54.6 Å². The Labute approximate surface area is 148 Å². The van der Waals surface area contributed by atoms with Crippen molar-refractivity contribution in [2.45, 2.75) is 19.0 Å². The van der Waals surface area contributed by atoms with Gasteiger partial charge in [0, 0.05) is 6.42 Å². The van der Waals surface area contributed by atoms with Gasteiger partial charge in [0.05, 0.1) is 11.9 Å². The SMILES string of the molecule is O=C(CCn1nnc2ccccc2c1=O)N[C@H](C(=O)O)c1ccccc1. The summed E-state index contributed by atoms with van der Waals surface area (Å²) in [4.78, 5) is 35.9. The number of aryl methyl sites for hydroxylation is 1. The van der Waals surface area contributed by atoms with E-state index in [1.165, 1.54) is 0 Å². The van der Waals surface area contributed by atoms with Crippen molar-refractivity contribution in [2.75, 3.05) is 0 Å². The Morgan fingerprint density at radius 2 is 1.77 bits per heavy atom. The minimum absolute atomic E-state index is 0.00360. The summed E-state index contributed by atoms with van der Waals surface area (Å²) < 4.78 is 1.10. The topological polar surface area (TPSA) is 114 Å². The molecule has 1 heterocycles. The molecule has 0 unspecified atom stereocenters. The molecule has 0 saturated heterocycles. The number of hydrogen-bond donors (Lipinski definition) is 2. The number of amides is 1. The summed E-state index contributed by atoms with van der Waals surface area (Å²) in [6.07, 6.45) is -0.0937. The van der Waals surface area contributed by atoms with Crippen LogP contribution < -0.4 is 10.9 Å². The highest BCUT2D eigenvalue weighted by molar-refractivity contribution is 5.84. The number of carbonyl (C=O) groups excluding carboxylic acids is 1. The fraction of sp³-hybridized carbons (Fsp3) is 0.167. The van der Waals surface area contributed by atoms with Crippen molar-refractivity contribution in [3.8, 4) is 0 Å². The lowest BCUT2D eigenvalue weighted by atomic mass is 10.1. The molecule has 2 aromatic carbocycles. The molecule has 0 aliphatic heterocycles. The van der Waals surface area contributed by atoms with E-state index < -0.39 is 17.9 Å². The second-order valence-electron chi connectivity index (χ2n) is 5.63. The van der Waals surface area contributed by atoms with Crippen LogP contribution in [0.4, 0.5) is 0 Å². The highest BCUT2D eigenvalue weighted by Crippen LogP contribution is 2.13. The van der Waals surface area contributed by atoms with Crippen molar-refractivity contribution in [3.63, 3.8) is 0 Å². The first-order valence-electron chi connectivity index (χ1n) is 7.96. The smallest absolute Gasteiger partial charge is 0.330 e. The minimum atomic E-state index is -1.16. The monoisotopic (exact) mass is 352 g/mol. The van der Waals surface area contributed by atoms with Crippen molar-refractivity contribution in [2.24, 2.45) is 0 Å². The molecule has 3 aromatic rings. The van der Waals surface area contributed by atoms with Gasteiger partial charge in [-0.15, -0.1) is 5.10 Å². The Morgan fingerprint density at radius 1 is 1.08 bits per heavy atom. The molecule has 8 nitrogen and oxygen atoms in total. The number of carboxylic acids is 1. The lowest BCUT2D eigenvalue weighted by molar-refractivity contribution is -0.142. The summed E-state index contributed by atoms with van der Waals surface area (Å²) in [6.45, 7) is 0.00360. The molecule has 3 rings (SSSR count). The van der Waals surface area contributed by atoms with Crippen LogP contribution in [0, 0.1) is 0 Å². The average molecular weight is 352 g/mol. The van der Waals surface area contributed by atoms with E-state index in [2.05, 4.69) is 15.6 Å². The normalized spacial score (nSPS) is 11.8. The van der Waals surface area contributed by atoms with E-state index in [0.717, 1.165) is 4.68 Å². The van der Waals surface area contributed by atoms with Gasteiger partial charge in [-0.25, -0.2) is 9.48 Å². The Hall–Kier alpha value is -3.55. The Kier molecular flexibility index (Phi) is 5.02. The second-order valence-corrected chi connectivity index (χ2v) is 5.63. The van der Waals surface area contributed by atoms with Crippen molar-refractivity contribution in [1.29, 1.82) is 0 Å². The van der Waals surface area contributed by atoms with Gasteiger partial charge in [-0.3, -0.25) is 9.59 Å². The van der Waals surface area contributed by atoms with Crippen molar-refractivity contribution in [1.82, 2.24) is 20.3 Å². The first kappa shape index (κ1) is 17.3. The molecule has 1 aromatic heterocycles. The number of benzene rings is 2. The summed E-state index contributed by atoms with van der Waals surface area (Å²) >= 11 is 0. The van der Waals surface area contributed by atoms with Crippen LogP contribution in [0.2, 0.25) is 0 Å². The third kappa shape index (κ3) is 3.75. The number of rotatable bonds is 6. The van der Waals surface area contributed by atoms with Crippen LogP contribution in [0.1, 0.15) is 18.0 Å². The molecule has 0 spiro atoms. The summed E-state index contributed by atoms with van der Waals surface area (Å²) in [5, 5.41) is 20.0. The molecule has 1 atom stereocenters. The van der Waals surface area contributed by atoms with Gasteiger partial charge in [0.25, 0.3) is 5.56 Å². The Morgan fingerprint density at radius 3 is 2.50 bits per heavy atom.